The van der Waals surface area contributed by atoms with Crippen LogP contribution in [0.5, 0.6) is 0 Å². The molecule has 0 aliphatic carbocycles. The molecule has 4 rings (SSSR count). The fourth-order valence-electron chi connectivity index (χ4n) is 3.99. The summed E-state index contributed by atoms with van der Waals surface area (Å²) in [6, 6.07) is 12.2. The summed E-state index contributed by atoms with van der Waals surface area (Å²) in [5, 5.41) is 10.5. The molecule has 5 nitrogen and oxygen atoms in total. The quantitative estimate of drug-likeness (QED) is 0.862. The Bertz CT molecular complexity index is 779. The molecule has 1 atom stereocenters. The highest BCUT2D eigenvalue weighted by Crippen LogP contribution is 2.27. The third kappa shape index (κ3) is 3.60. The van der Waals surface area contributed by atoms with Crippen molar-refractivity contribution in [3.05, 3.63) is 35.9 Å². The molecule has 0 amide bonds. The maximum absolute atomic E-state index is 9.51. The smallest absolute Gasteiger partial charge is 0.130 e. The maximum atomic E-state index is 9.51. The van der Waals surface area contributed by atoms with Crippen LogP contribution in [0.2, 0.25) is 0 Å². The second-order valence-corrected chi connectivity index (χ2v) is 7.02. The van der Waals surface area contributed by atoms with Crippen molar-refractivity contribution in [2.75, 3.05) is 50.8 Å². The molecule has 0 saturated carbocycles. The van der Waals surface area contributed by atoms with Gasteiger partial charge in [-0.1, -0.05) is 18.2 Å². The molecule has 2 aromatic rings. The predicted octanol–water partition coefficient (Wildman–Crippen LogP) is 2.66. The molecule has 0 spiro atoms. The molecule has 2 aliphatic heterocycles. The predicted molar refractivity (Wildman–Crippen MR) is 98.7 cm³/mol. The van der Waals surface area contributed by atoms with Gasteiger partial charge in [0.15, 0.2) is 0 Å². The van der Waals surface area contributed by atoms with Gasteiger partial charge in [0.25, 0.3) is 0 Å². The first-order valence-corrected chi connectivity index (χ1v) is 9.18. The molecule has 130 valence electrons. The summed E-state index contributed by atoms with van der Waals surface area (Å²) in [7, 11) is 0. The zero-order valence-corrected chi connectivity index (χ0v) is 14.5. The lowest BCUT2D eigenvalue weighted by atomic mass is 9.97. The molecular formula is C20H24N4O. The summed E-state index contributed by atoms with van der Waals surface area (Å²) in [6.45, 7) is 6.98. The fraction of sp³-hybridized carbons (Fsp3) is 0.500. The Labute approximate surface area is 148 Å². The summed E-state index contributed by atoms with van der Waals surface area (Å²) in [6.07, 6.45) is 2.46. The second-order valence-electron chi connectivity index (χ2n) is 7.02. The number of pyridine rings is 1. The van der Waals surface area contributed by atoms with Crippen molar-refractivity contribution in [1.29, 1.82) is 5.26 Å². The molecule has 2 aliphatic rings. The van der Waals surface area contributed by atoms with Crippen LogP contribution in [-0.4, -0.2) is 55.8 Å². The lowest BCUT2D eigenvalue weighted by Crippen LogP contribution is -2.44. The van der Waals surface area contributed by atoms with Crippen LogP contribution < -0.4 is 4.90 Å². The van der Waals surface area contributed by atoms with Crippen LogP contribution in [0.15, 0.2) is 30.3 Å². The van der Waals surface area contributed by atoms with Gasteiger partial charge in [0, 0.05) is 38.1 Å². The van der Waals surface area contributed by atoms with E-state index in [1.807, 2.05) is 30.3 Å². The number of rotatable bonds is 3. The van der Waals surface area contributed by atoms with Crippen molar-refractivity contribution in [2.45, 2.75) is 12.8 Å². The van der Waals surface area contributed by atoms with Gasteiger partial charge in [-0.05, 0) is 30.9 Å². The number of morpholine rings is 1. The van der Waals surface area contributed by atoms with Crippen molar-refractivity contribution >= 4 is 16.7 Å². The molecule has 5 heteroatoms. The largest absolute Gasteiger partial charge is 0.379 e. The number of ether oxygens (including phenoxy) is 1. The van der Waals surface area contributed by atoms with E-state index in [1.54, 1.807) is 0 Å². The molecular weight excluding hydrogens is 312 g/mol. The van der Waals surface area contributed by atoms with Crippen LogP contribution in [0.25, 0.3) is 10.9 Å². The molecule has 25 heavy (non-hydrogen) atoms. The minimum Gasteiger partial charge on any atom is -0.379 e. The van der Waals surface area contributed by atoms with E-state index in [2.05, 4.69) is 15.9 Å². The van der Waals surface area contributed by atoms with Gasteiger partial charge in [0.1, 0.15) is 5.82 Å². The van der Waals surface area contributed by atoms with E-state index in [0.29, 0.717) is 5.92 Å². The van der Waals surface area contributed by atoms with Gasteiger partial charge in [-0.2, -0.15) is 5.26 Å². The second kappa shape index (κ2) is 7.38. The number of benzene rings is 1. The first kappa shape index (κ1) is 16.3. The number of hydrogen-bond donors (Lipinski definition) is 0. The molecule has 2 fully saturated rings. The highest BCUT2D eigenvalue weighted by atomic mass is 16.5. The number of nitrogens with zero attached hydrogens (tertiary/aromatic N) is 4. The topological polar surface area (TPSA) is 52.4 Å². The monoisotopic (exact) mass is 336 g/mol. The van der Waals surface area contributed by atoms with E-state index in [9.17, 15) is 5.26 Å². The van der Waals surface area contributed by atoms with Gasteiger partial charge < -0.3 is 9.64 Å². The number of fused-ring (bicyclic) bond motifs is 1. The number of anilines is 1. The molecule has 2 saturated heterocycles. The average molecular weight is 336 g/mol. The van der Waals surface area contributed by atoms with E-state index in [0.717, 1.165) is 68.2 Å². The lowest BCUT2D eigenvalue weighted by Gasteiger charge is -2.37. The fourth-order valence-corrected chi connectivity index (χ4v) is 3.99. The van der Waals surface area contributed by atoms with Crippen molar-refractivity contribution in [3.63, 3.8) is 0 Å². The summed E-state index contributed by atoms with van der Waals surface area (Å²) in [5.74, 6) is 1.60. The van der Waals surface area contributed by atoms with Crippen LogP contribution in [-0.2, 0) is 4.74 Å². The Morgan fingerprint density at radius 1 is 1.20 bits per heavy atom. The van der Waals surface area contributed by atoms with Crippen molar-refractivity contribution < 1.29 is 4.74 Å². The molecule has 3 heterocycles. The molecule has 1 aromatic carbocycles. The van der Waals surface area contributed by atoms with Gasteiger partial charge in [-0.3, -0.25) is 4.90 Å². The van der Waals surface area contributed by atoms with Crippen molar-refractivity contribution in [2.24, 2.45) is 5.92 Å². The first-order valence-electron chi connectivity index (χ1n) is 9.18. The van der Waals surface area contributed by atoms with Gasteiger partial charge >= 0.3 is 0 Å². The molecule has 1 aromatic heterocycles. The number of hydrogen-bond acceptors (Lipinski definition) is 5. The normalized spacial score (nSPS) is 22.0. The standard InChI is InChI=1S/C20H24N4O/c21-13-17-12-20(22-19-6-2-1-5-18(17)19)24-7-3-4-16(15-24)14-23-8-10-25-11-9-23/h1-2,5-6,12,16H,3-4,7-11,14-15H2. The number of nitriles is 1. The van der Waals surface area contributed by atoms with E-state index < -0.39 is 0 Å². The zero-order chi connectivity index (χ0) is 17.1. The summed E-state index contributed by atoms with van der Waals surface area (Å²) < 4.78 is 5.45. The van der Waals surface area contributed by atoms with E-state index in [1.165, 1.54) is 12.8 Å². The van der Waals surface area contributed by atoms with E-state index >= 15 is 0 Å². The van der Waals surface area contributed by atoms with Gasteiger partial charge in [0.2, 0.25) is 0 Å². The van der Waals surface area contributed by atoms with Gasteiger partial charge in [0.05, 0.1) is 30.4 Å². The summed E-state index contributed by atoms with van der Waals surface area (Å²) >= 11 is 0. The Morgan fingerprint density at radius 2 is 2.04 bits per heavy atom. The maximum Gasteiger partial charge on any atom is 0.130 e. The van der Waals surface area contributed by atoms with Crippen LogP contribution in [0.4, 0.5) is 5.82 Å². The van der Waals surface area contributed by atoms with Gasteiger partial charge in [-0.25, -0.2) is 4.98 Å². The highest BCUT2D eigenvalue weighted by Gasteiger charge is 2.24. The minimum atomic E-state index is 0.658. The third-order valence-corrected chi connectivity index (χ3v) is 5.29. The van der Waals surface area contributed by atoms with Crippen LogP contribution >= 0.6 is 0 Å². The lowest BCUT2D eigenvalue weighted by molar-refractivity contribution is 0.0296. The molecule has 0 radical (unpaired) electrons. The van der Waals surface area contributed by atoms with Gasteiger partial charge in [-0.15, -0.1) is 0 Å². The summed E-state index contributed by atoms with van der Waals surface area (Å²) in [5.41, 5.74) is 1.63. The van der Waals surface area contributed by atoms with E-state index in [4.69, 9.17) is 9.72 Å². The molecule has 0 bridgehead atoms. The molecule has 1 unspecified atom stereocenters. The minimum absolute atomic E-state index is 0.658. The number of aromatic nitrogens is 1. The Hall–Kier alpha value is -2.16. The Morgan fingerprint density at radius 3 is 2.88 bits per heavy atom. The van der Waals surface area contributed by atoms with Crippen LogP contribution in [0.1, 0.15) is 18.4 Å². The first-order chi connectivity index (χ1) is 12.3. The van der Waals surface area contributed by atoms with E-state index in [-0.39, 0.29) is 0 Å². The Balaban J connectivity index is 1.52. The third-order valence-electron chi connectivity index (χ3n) is 5.29. The molecule has 0 N–H and O–H groups in total. The number of para-hydroxylation sites is 1. The highest BCUT2D eigenvalue weighted by molar-refractivity contribution is 5.86. The van der Waals surface area contributed by atoms with Crippen LogP contribution in [0.3, 0.4) is 0 Å². The average Bonchev–Trinajstić information content (AvgIpc) is 2.68. The van der Waals surface area contributed by atoms with Crippen molar-refractivity contribution in [1.82, 2.24) is 9.88 Å². The number of piperidine rings is 1. The van der Waals surface area contributed by atoms with Crippen molar-refractivity contribution in [3.8, 4) is 6.07 Å². The Kier molecular flexibility index (Phi) is 4.82. The summed E-state index contributed by atoms with van der Waals surface area (Å²) in [4.78, 5) is 9.71. The SMILES string of the molecule is N#Cc1cc(N2CCCC(CN3CCOCC3)C2)nc2ccccc12. The van der Waals surface area contributed by atoms with Crippen LogP contribution in [0, 0.1) is 17.2 Å². The zero-order valence-electron chi connectivity index (χ0n) is 14.5.